The average molecular weight is 508 g/mol. The fourth-order valence-electron chi connectivity index (χ4n) is 4.36. The van der Waals surface area contributed by atoms with Gasteiger partial charge >= 0.3 is 0 Å². The lowest BCUT2D eigenvalue weighted by Crippen LogP contribution is -2.41. The van der Waals surface area contributed by atoms with Crippen molar-refractivity contribution in [3.05, 3.63) is 48.5 Å². The van der Waals surface area contributed by atoms with E-state index >= 15 is 0 Å². The van der Waals surface area contributed by atoms with Gasteiger partial charge in [-0.15, -0.1) is 0 Å². The second-order valence-corrected chi connectivity index (χ2v) is 12.3. The van der Waals surface area contributed by atoms with Gasteiger partial charge in [-0.1, -0.05) is 18.2 Å². The molecule has 2 aliphatic rings. The summed E-state index contributed by atoms with van der Waals surface area (Å²) in [6.07, 6.45) is 2.40. The Morgan fingerprint density at radius 1 is 0.853 bits per heavy atom. The van der Waals surface area contributed by atoms with Crippen molar-refractivity contribution < 1.29 is 26.4 Å². The topological polar surface area (TPSA) is 113 Å². The Hall–Kier alpha value is -2.47. The molecule has 0 atom stereocenters. The van der Waals surface area contributed by atoms with Gasteiger partial charge < -0.3 is 10.1 Å². The molecule has 2 aromatic carbocycles. The zero-order valence-electron chi connectivity index (χ0n) is 19.0. The average Bonchev–Trinajstić information content (AvgIpc) is 3.41. The van der Waals surface area contributed by atoms with Gasteiger partial charge in [-0.25, -0.2) is 16.8 Å². The summed E-state index contributed by atoms with van der Waals surface area (Å²) in [4.78, 5) is 13.3. The number of benzene rings is 2. The van der Waals surface area contributed by atoms with Crippen molar-refractivity contribution in [3.8, 4) is 5.75 Å². The molecule has 0 aliphatic carbocycles. The van der Waals surface area contributed by atoms with Crippen LogP contribution in [0.15, 0.2) is 58.3 Å². The summed E-state index contributed by atoms with van der Waals surface area (Å²) in [5.74, 6) is -0.325. The molecule has 0 radical (unpaired) electrons. The smallest absolute Gasteiger partial charge is 0.243 e. The molecule has 11 heteroatoms. The van der Waals surface area contributed by atoms with Crippen LogP contribution in [0.3, 0.4) is 0 Å². The Morgan fingerprint density at radius 3 is 2.06 bits per heavy atom. The van der Waals surface area contributed by atoms with Crippen molar-refractivity contribution in [2.45, 2.75) is 35.5 Å². The third kappa shape index (κ3) is 4.97. The number of methoxy groups -OCH3 is 1. The highest BCUT2D eigenvalue weighted by Gasteiger charge is 2.33. The molecule has 184 valence electrons. The number of piperidine rings is 1. The predicted molar refractivity (Wildman–Crippen MR) is 128 cm³/mol. The van der Waals surface area contributed by atoms with Crippen LogP contribution in [0.1, 0.15) is 25.7 Å². The van der Waals surface area contributed by atoms with Gasteiger partial charge in [-0.2, -0.15) is 8.61 Å². The summed E-state index contributed by atoms with van der Waals surface area (Å²) in [5, 5.41) is 2.80. The van der Waals surface area contributed by atoms with Crippen molar-refractivity contribution in [3.63, 3.8) is 0 Å². The molecule has 2 fully saturated rings. The second kappa shape index (κ2) is 10.0. The Labute approximate surface area is 200 Å². The van der Waals surface area contributed by atoms with E-state index in [1.54, 1.807) is 30.3 Å². The number of sulfonamides is 2. The molecule has 2 saturated heterocycles. The maximum absolute atomic E-state index is 13.0. The lowest BCUT2D eigenvalue weighted by Gasteiger charge is -2.30. The van der Waals surface area contributed by atoms with Crippen LogP contribution in [-0.4, -0.2) is 64.6 Å². The molecule has 2 aliphatic heterocycles. The third-order valence-corrected chi connectivity index (χ3v) is 10.1. The fourth-order valence-corrected chi connectivity index (χ4v) is 7.39. The van der Waals surface area contributed by atoms with E-state index in [2.05, 4.69) is 5.32 Å². The molecular weight excluding hydrogens is 478 g/mol. The Bertz CT molecular complexity index is 1230. The van der Waals surface area contributed by atoms with E-state index in [4.69, 9.17) is 4.74 Å². The van der Waals surface area contributed by atoms with Gasteiger partial charge in [0.25, 0.3) is 0 Å². The molecule has 0 aromatic heterocycles. The van der Waals surface area contributed by atoms with Gasteiger partial charge in [0.2, 0.25) is 26.0 Å². The molecule has 2 aromatic rings. The molecule has 1 N–H and O–H groups in total. The normalized spacial score (nSPS) is 18.6. The van der Waals surface area contributed by atoms with E-state index in [0.717, 1.165) is 12.8 Å². The Morgan fingerprint density at radius 2 is 1.44 bits per heavy atom. The maximum atomic E-state index is 13.0. The van der Waals surface area contributed by atoms with E-state index in [0.29, 0.717) is 31.7 Å². The van der Waals surface area contributed by atoms with Crippen molar-refractivity contribution >= 4 is 31.6 Å². The highest BCUT2D eigenvalue weighted by atomic mass is 32.2. The summed E-state index contributed by atoms with van der Waals surface area (Å²) in [6.45, 7) is 1.44. The minimum atomic E-state index is -3.64. The van der Waals surface area contributed by atoms with E-state index in [1.165, 1.54) is 33.9 Å². The molecule has 1 amide bonds. The van der Waals surface area contributed by atoms with Crippen molar-refractivity contribution in [1.82, 2.24) is 8.61 Å². The van der Waals surface area contributed by atoms with Crippen molar-refractivity contribution in [2.75, 3.05) is 38.6 Å². The summed E-state index contributed by atoms with van der Waals surface area (Å²) in [5.41, 5.74) is 0.284. The van der Waals surface area contributed by atoms with Crippen molar-refractivity contribution in [2.24, 2.45) is 5.92 Å². The van der Waals surface area contributed by atoms with Gasteiger partial charge in [0, 0.05) is 32.1 Å². The number of hydrogen-bond acceptors (Lipinski definition) is 6. The second-order valence-electron chi connectivity index (χ2n) is 8.45. The Balaban J connectivity index is 1.45. The first kappa shape index (κ1) is 24.6. The predicted octanol–water partition coefficient (Wildman–Crippen LogP) is 2.52. The number of amides is 1. The van der Waals surface area contributed by atoms with Crippen LogP contribution in [0, 0.1) is 5.92 Å². The lowest BCUT2D eigenvalue weighted by atomic mass is 9.97. The van der Waals surface area contributed by atoms with Crippen LogP contribution >= 0.6 is 0 Å². The molecule has 0 unspecified atom stereocenters. The standard InChI is InChI=1S/C23H29N3O6S2/c1-32-22-10-9-20(34(30,31)25-13-5-6-14-25)17-21(22)24-23(27)18-11-15-26(16-12-18)33(28,29)19-7-3-2-4-8-19/h2-4,7-10,17-18H,5-6,11-16H2,1H3,(H,24,27). The molecule has 34 heavy (non-hydrogen) atoms. The third-order valence-electron chi connectivity index (χ3n) is 6.34. The number of hydrogen-bond donors (Lipinski definition) is 1. The van der Waals surface area contributed by atoms with Gasteiger partial charge in [0.1, 0.15) is 5.75 Å². The number of anilines is 1. The first-order chi connectivity index (χ1) is 16.2. The number of carbonyl (C=O) groups is 1. The van der Waals surface area contributed by atoms with Crippen LogP contribution in [0.2, 0.25) is 0 Å². The van der Waals surface area contributed by atoms with E-state index in [9.17, 15) is 21.6 Å². The summed E-state index contributed by atoms with van der Waals surface area (Å²) in [6, 6.07) is 12.7. The van der Waals surface area contributed by atoms with Crippen LogP contribution < -0.4 is 10.1 Å². The van der Waals surface area contributed by atoms with Gasteiger partial charge in [0.05, 0.1) is 22.6 Å². The summed E-state index contributed by atoms with van der Waals surface area (Å²) in [7, 11) is -5.79. The summed E-state index contributed by atoms with van der Waals surface area (Å²) < 4.78 is 59.7. The van der Waals surface area contributed by atoms with Crippen LogP contribution in [-0.2, 0) is 24.8 Å². The van der Waals surface area contributed by atoms with E-state index < -0.39 is 26.0 Å². The highest BCUT2D eigenvalue weighted by molar-refractivity contribution is 7.89. The van der Waals surface area contributed by atoms with E-state index in [-0.39, 0.29) is 34.5 Å². The molecule has 2 heterocycles. The number of nitrogens with one attached hydrogen (secondary N) is 1. The van der Waals surface area contributed by atoms with Gasteiger partial charge in [0.15, 0.2) is 0 Å². The number of ether oxygens (including phenoxy) is 1. The monoisotopic (exact) mass is 507 g/mol. The quantitative estimate of drug-likeness (QED) is 0.616. The molecule has 0 spiro atoms. The van der Waals surface area contributed by atoms with Gasteiger partial charge in [-0.3, -0.25) is 4.79 Å². The fraction of sp³-hybridized carbons (Fsp3) is 0.435. The minimum absolute atomic E-state index is 0.106. The number of nitrogens with zero attached hydrogens (tertiary/aromatic N) is 2. The molecule has 4 rings (SSSR count). The van der Waals surface area contributed by atoms with Crippen LogP contribution in [0.5, 0.6) is 5.75 Å². The Kier molecular flexibility index (Phi) is 7.27. The molecule has 0 saturated carbocycles. The van der Waals surface area contributed by atoms with Crippen LogP contribution in [0.4, 0.5) is 5.69 Å². The molecule has 9 nitrogen and oxygen atoms in total. The SMILES string of the molecule is COc1ccc(S(=O)(=O)N2CCCC2)cc1NC(=O)C1CCN(S(=O)(=O)c2ccccc2)CC1. The molecule has 0 bridgehead atoms. The summed E-state index contributed by atoms with van der Waals surface area (Å²) >= 11 is 0. The highest BCUT2D eigenvalue weighted by Crippen LogP contribution is 2.31. The minimum Gasteiger partial charge on any atom is -0.495 e. The van der Waals surface area contributed by atoms with Crippen LogP contribution in [0.25, 0.3) is 0 Å². The largest absolute Gasteiger partial charge is 0.495 e. The number of carbonyl (C=O) groups excluding carboxylic acids is 1. The first-order valence-electron chi connectivity index (χ1n) is 11.3. The number of rotatable bonds is 7. The maximum Gasteiger partial charge on any atom is 0.243 e. The van der Waals surface area contributed by atoms with E-state index in [1.807, 2.05) is 0 Å². The molecular formula is C23H29N3O6S2. The van der Waals surface area contributed by atoms with Gasteiger partial charge in [-0.05, 0) is 56.0 Å². The zero-order valence-corrected chi connectivity index (χ0v) is 20.6. The zero-order chi connectivity index (χ0) is 24.3. The van der Waals surface area contributed by atoms with Crippen molar-refractivity contribution in [1.29, 1.82) is 0 Å². The lowest BCUT2D eigenvalue weighted by molar-refractivity contribution is -0.120. The first-order valence-corrected chi connectivity index (χ1v) is 14.2.